The number of carbonyl (C=O) groups is 2. The van der Waals surface area contributed by atoms with Crippen LogP contribution in [0.25, 0.3) is 0 Å². The summed E-state index contributed by atoms with van der Waals surface area (Å²) in [6.45, 7) is 2.27. The summed E-state index contributed by atoms with van der Waals surface area (Å²) in [5, 5.41) is 2.14. The molecule has 1 atom stereocenters. The molecule has 0 radical (unpaired) electrons. The molecule has 1 aliphatic carbocycles. The highest BCUT2D eigenvalue weighted by Gasteiger charge is 2.29. The number of aryl methyl sites for hydroxylation is 1. The molecule has 170 valence electrons. The number of sulfone groups is 1. The van der Waals surface area contributed by atoms with Gasteiger partial charge in [0.1, 0.15) is 11.5 Å². The molecule has 0 saturated heterocycles. The summed E-state index contributed by atoms with van der Waals surface area (Å²) in [5.74, 6) is -1.07. The second kappa shape index (κ2) is 8.93. The van der Waals surface area contributed by atoms with E-state index in [9.17, 15) is 22.4 Å². The summed E-state index contributed by atoms with van der Waals surface area (Å²) in [6, 6.07) is 4.49. The molecule has 0 unspecified atom stereocenters. The van der Waals surface area contributed by atoms with E-state index in [4.69, 9.17) is 4.74 Å². The standard InChI is InChI=1S/C22H24FN3O5S/c1-13(15-6-7-17(23)18(9-15)31-11-14-4-5-14)12-32(29,30)8-2-3-19-24-10-16-20(25-19)22(28)26-21(16)27/h6-7,9-10,13-14H,2-5,8,11-12H2,1H3,(H,26,27,28)/t13-/m0/s1. The molecule has 4 rings (SSSR count). The average molecular weight is 462 g/mol. The molecule has 2 aromatic rings. The molecule has 2 heterocycles. The number of nitrogens with one attached hydrogen (secondary N) is 1. The molecule has 1 saturated carbocycles. The van der Waals surface area contributed by atoms with E-state index in [1.165, 1.54) is 12.3 Å². The predicted octanol–water partition coefficient (Wildman–Crippen LogP) is 2.44. The van der Waals surface area contributed by atoms with Crippen LogP contribution >= 0.6 is 0 Å². The molecule has 0 bridgehead atoms. The molecular weight excluding hydrogens is 437 g/mol. The van der Waals surface area contributed by atoms with Gasteiger partial charge in [-0.25, -0.2) is 22.8 Å². The molecule has 8 nitrogen and oxygen atoms in total. The molecule has 1 N–H and O–H groups in total. The number of amides is 2. The van der Waals surface area contributed by atoms with Crippen LogP contribution in [0.15, 0.2) is 24.4 Å². The number of halogens is 1. The number of hydrogen-bond acceptors (Lipinski definition) is 7. The van der Waals surface area contributed by atoms with Crippen LogP contribution in [0.2, 0.25) is 0 Å². The van der Waals surface area contributed by atoms with Gasteiger partial charge >= 0.3 is 0 Å². The van der Waals surface area contributed by atoms with Crippen LogP contribution in [0.4, 0.5) is 4.39 Å². The first-order valence-corrected chi connectivity index (χ1v) is 12.4. The fourth-order valence-electron chi connectivity index (χ4n) is 3.55. The summed E-state index contributed by atoms with van der Waals surface area (Å²) < 4.78 is 44.8. The fourth-order valence-corrected chi connectivity index (χ4v) is 5.25. The number of ether oxygens (including phenoxy) is 1. The molecule has 0 spiro atoms. The number of rotatable bonds is 10. The van der Waals surface area contributed by atoms with Crippen molar-refractivity contribution in [1.82, 2.24) is 15.3 Å². The third-order valence-electron chi connectivity index (χ3n) is 5.58. The highest BCUT2D eigenvalue weighted by Crippen LogP contribution is 2.31. The lowest BCUT2D eigenvalue weighted by atomic mass is 10.0. The minimum Gasteiger partial charge on any atom is -0.490 e. The lowest BCUT2D eigenvalue weighted by Crippen LogP contribution is -2.20. The number of aromatic nitrogens is 2. The van der Waals surface area contributed by atoms with Gasteiger partial charge in [-0.3, -0.25) is 14.9 Å². The Morgan fingerprint density at radius 2 is 2.03 bits per heavy atom. The molecule has 1 fully saturated rings. The van der Waals surface area contributed by atoms with Gasteiger partial charge in [-0.15, -0.1) is 0 Å². The van der Waals surface area contributed by atoms with Crippen molar-refractivity contribution in [1.29, 1.82) is 0 Å². The number of carbonyl (C=O) groups excluding carboxylic acids is 2. The summed E-state index contributed by atoms with van der Waals surface area (Å²) in [6.07, 6.45) is 4.02. The maximum atomic E-state index is 14.0. The summed E-state index contributed by atoms with van der Waals surface area (Å²) in [4.78, 5) is 31.4. The van der Waals surface area contributed by atoms with Crippen molar-refractivity contribution >= 4 is 21.7 Å². The van der Waals surface area contributed by atoms with Crippen LogP contribution in [0.5, 0.6) is 5.75 Å². The number of fused-ring (bicyclic) bond motifs is 1. The van der Waals surface area contributed by atoms with E-state index in [0.29, 0.717) is 23.9 Å². The van der Waals surface area contributed by atoms with Gasteiger partial charge < -0.3 is 4.74 Å². The zero-order valence-electron chi connectivity index (χ0n) is 17.6. The largest absolute Gasteiger partial charge is 0.490 e. The third-order valence-corrected chi connectivity index (χ3v) is 7.50. The normalized spacial score (nSPS) is 16.6. The maximum absolute atomic E-state index is 14.0. The lowest BCUT2D eigenvalue weighted by molar-refractivity contribution is 0.0878. The van der Waals surface area contributed by atoms with Gasteiger partial charge in [0.05, 0.1) is 23.7 Å². The molecule has 1 aromatic heterocycles. The summed E-state index contributed by atoms with van der Waals surface area (Å²) in [7, 11) is -3.39. The molecule has 1 aromatic carbocycles. The van der Waals surface area contributed by atoms with Gasteiger partial charge in [-0.2, -0.15) is 0 Å². The first kappa shape index (κ1) is 22.3. The van der Waals surface area contributed by atoms with Crippen molar-refractivity contribution in [3.05, 3.63) is 52.9 Å². The van der Waals surface area contributed by atoms with Crippen LogP contribution < -0.4 is 10.1 Å². The Balaban J connectivity index is 1.32. The van der Waals surface area contributed by atoms with Crippen molar-refractivity contribution in [3.63, 3.8) is 0 Å². The van der Waals surface area contributed by atoms with Crippen molar-refractivity contribution in [2.75, 3.05) is 18.1 Å². The van der Waals surface area contributed by atoms with Gasteiger partial charge in [0.25, 0.3) is 11.8 Å². The first-order valence-electron chi connectivity index (χ1n) is 10.6. The van der Waals surface area contributed by atoms with Gasteiger partial charge in [0.2, 0.25) is 0 Å². The van der Waals surface area contributed by atoms with Gasteiger partial charge in [0, 0.05) is 12.6 Å². The van der Waals surface area contributed by atoms with Crippen LogP contribution in [-0.2, 0) is 16.3 Å². The van der Waals surface area contributed by atoms with E-state index in [1.54, 1.807) is 19.1 Å². The molecule has 2 aliphatic rings. The zero-order chi connectivity index (χ0) is 22.9. The molecular formula is C22H24FN3O5S. The average Bonchev–Trinajstić information content (AvgIpc) is 3.52. The highest BCUT2D eigenvalue weighted by molar-refractivity contribution is 7.91. The van der Waals surface area contributed by atoms with Gasteiger partial charge in [0.15, 0.2) is 21.4 Å². The van der Waals surface area contributed by atoms with Gasteiger partial charge in [-0.05, 0) is 48.8 Å². The van der Waals surface area contributed by atoms with E-state index in [-0.39, 0.29) is 47.3 Å². The van der Waals surface area contributed by atoms with Crippen LogP contribution in [0.1, 0.15) is 64.3 Å². The van der Waals surface area contributed by atoms with E-state index in [2.05, 4.69) is 15.3 Å². The number of benzene rings is 1. The van der Waals surface area contributed by atoms with Crippen LogP contribution in [0, 0.1) is 11.7 Å². The Hall–Kier alpha value is -2.88. The Morgan fingerprint density at radius 1 is 1.25 bits per heavy atom. The van der Waals surface area contributed by atoms with E-state index < -0.39 is 27.5 Å². The van der Waals surface area contributed by atoms with Crippen LogP contribution in [-0.4, -0.2) is 48.3 Å². The second-order valence-corrected chi connectivity index (χ2v) is 10.6. The number of hydrogen-bond donors (Lipinski definition) is 1. The predicted molar refractivity (Wildman–Crippen MR) is 114 cm³/mol. The van der Waals surface area contributed by atoms with E-state index in [1.807, 2.05) is 0 Å². The lowest BCUT2D eigenvalue weighted by Gasteiger charge is -2.15. The SMILES string of the molecule is C[C@@H](CS(=O)(=O)CCCc1ncc2c(n1)C(=O)NC2=O)c1ccc(F)c(OCC2CC2)c1. The first-order chi connectivity index (χ1) is 15.2. The van der Waals surface area contributed by atoms with Crippen LogP contribution in [0.3, 0.4) is 0 Å². The Labute approximate surface area is 185 Å². The monoisotopic (exact) mass is 461 g/mol. The third kappa shape index (κ3) is 5.29. The molecule has 2 amide bonds. The smallest absolute Gasteiger partial charge is 0.277 e. The fraction of sp³-hybridized carbons (Fsp3) is 0.455. The molecule has 1 aliphatic heterocycles. The Bertz CT molecular complexity index is 1160. The highest BCUT2D eigenvalue weighted by atomic mass is 32.2. The number of imide groups is 1. The van der Waals surface area contributed by atoms with Crippen molar-refractivity contribution in [3.8, 4) is 5.75 Å². The Morgan fingerprint density at radius 3 is 2.78 bits per heavy atom. The quantitative estimate of drug-likeness (QED) is 0.540. The van der Waals surface area contributed by atoms with E-state index >= 15 is 0 Å². The topological polar surface area (TPSA) is 115 Å². The van der Waals surface area contributed by atoms with Gasteiger partial charge in [-0.1, -0.05) is 13.0 Å². The van der Waals surface area contributed by atoms with Crippen molar-refractivity contribution in [2.24, 2.45) is 5.92 Å². The minimum atomic E-state index is -3.39. The van der Waals surface area contributed by atoms with Crippen molar-refractivity contribution < 1.29 is 27.1 Å². The molecule has 10 heteroatoms. The second-order valence-electron chi connectivity index (χ2n) is 8.39. The van der Waals surface area contributed by atoms with E-state index in [0.717, 1.165) is 12.8 Å². The summed E-state index contributed by atoms with van der Waals surface area (Å²) in [5.41, 5.74) is 0.853. The number of nitrogens with zero attached hydrogens (tertiary/aromatic N) is 2. The zero-order valence-corrected chi connectivity index (χ0v) is 18.5. The summed E-state index contributed by atoms with van der Waals surface area (Å²) >= 11 is 0. The van der Waals surface area contributed by atoms with Crippen molar-refractivity contribution in [2.45, 2.75) is 38.5 Å². The Kier molecular flexibility index (Phi) is 6.23. The molecule has 32 heavy (non-hydrogen) atoms. The minimum absolute atomic E-state index is 0.0208. The maximum Gasteiger partial charge on any atom is 0.277 e.